The van der Waals surface area contributed by atoms with E-state index in [-0.39, 0.29) is 30.0 Å². The summed E-state index contributed by atoms with van der Waals surface area (Å²) in [5.74, 6) is 0.700. The number of carbonyl (C=O) groups is 2. The first-order chi connectivity index (χ1) is 14.6. The average molecular weight is 412 g/mol. The minimum atomic E-state index is -0.259. The van der Waals surface area contributed by atoms with Gasteiger partial charge in [0.05, 0.1) is 0 Å². The smallest absolute Gasteiger partial charge is 0.346 e. The van der Waals surface area contributed by atoms with Crippen molar-refractivity contribution in [3.05, 3.63) is 46.1 Å². The number of amides is 2. The standard InChI is InChI=1S/C22H29N5O3/c28-20(15-27-22(30)26-12-5-1-2-11-19(26)25-27)23-14-16-7-6-10-18(13-16)24-21(29)17-8-3-4-9-17/h6-7,10,13,17H,1-5,8-9,11-12,14-15H2,(H,23,28)(H,24,29). The van der Waals surface area contributed by atoms with Crippen LogP contribution < -0.4 is 16.3 Å². The molecule has 1 aliphatic heterocycles. The zero-order valence-electron chi connectivity index (χ0n) is 17.2. The normalized spacial score (nSPS) is 16.7. The summed E-state index contributed by atoms with van der Waals surface area (Å²) in [4.78, 5) is 37.2. The molecule has 2 amide bonds. The third-order valence-corrected chi connectivity index (χ3v) is 5.99. The highest BCUT2D eigenvalue weighted by Gasteiger charge is 2.22. The highest BCUT2D eigenvalue weighted by Crippen LogP contribution is 2.26. The van der Waals surface area contributed by atoms with Crippen molar-refractivity contribution in [3.63, 3.8) is 0 Å². The van der Waals surface area contributed by atoms with Crippen LogP contribution >= 0.6 is 0 Å². The summed E-state index contributed by atoms with van der Waals surface area (Å²) in [6.07, 6.45) is 8.03. The third kappa shape index (κ3) is 4.80. The predicted octanol–water partition coefficient (Wildman–Crippen LogP) is 2.22. The molecule has 30 heavy (non-hydrogen) atoms. The molecule has 0 saturated heterocycles. The maximum atomic E-state index is 12.5. The molecule has 0 atom stereocenters. The van der Waals surface area contributed by atoms with E-state index in [0.717, 1.165) is 68.4 Å². The molecule has 8 nitrogen and oxygen atoms in total. The Morgan fingerprint density at radius 3 is 2.77 bits per heavy atom. The Kier molecular flexibility index (Phi) is 6.30. The number of nitrogens with one attached hydrogen (secondary N) is 2. The van der Waals surface area contributed by atoms with Crippen LogP contribution in [0.25, 0.3) is 0 Å². The summed E-state index contributed by atoms with van der Waals surface area (Å²) in [7, 11) is 0. The van der Waals surface area contributed by atoms with Crippen LogP contribution in [0.1, 0.15) is 56.3 Å². The third-order valence-electron chi connectivity index (χ3n) is 5.99. The fourth-order valence-electron chi connectivity index (χ4n) is 4.31. The van der Waals surface area contributed by atoms with Gasteiger partial charge in [0.15, 0.2) is 0 Å². The van der Waals surface area contributed by atoms with E-state index >= 15 is 0 Å². The Labute approximate surface area is 175 Å². The fourth-order valence-corrected chi connectivity index (χ4v) is 4.31. The van der Waals surface area contributed by atoms with Crippen molar-refractivity contribution >= 4 is 17.5 Å². The Morgan fingerprint density at radius 2 is 1.93 bits per heavy atom. The lowest BCUT2D eigenvalue weighted by Crippen LogP contribution is -2.33. The van der Waals surface area contributed by atoms with Crippen LogP contribution in [0.3, 0.4) is 0 Å². The predicted molar refractivity (Wildman–Crippen MR) is 113 cm³/mol. The van der Waals surface area contributed by atoms with Gasteiger partial charge in [-0.3, -0.25) is 14.2 Å². The summed E-state index contributed by atoms with van der Waals surface area (Å²) >= 11 is 0. The van der Waals surface area contributed by atoms with Crippen LogP contribution in [-0.4, -0.2) is 26.2 Å². The molecule has 1 aromatic carbocycles. The molecular weight excluding hydrogens is 382 g/mol. The van der Waals surface area contributed by atoms with E-state index in [9.17, 15) is 14.4 Å². The summed E-state index contributed by atoms with van der Waals surface area (Å²) in [5, 5.41) is 10.2. The molecule has 8 heteroatoms. The quantitative estimate of drug-likeness (QED) is 0.761. The minimum Gasteiger partial charge on any atom is -0.350 e. The van der Waals surface area contributed by atoms with Gasteiger partial charge < -0.3 is 10.6 Å². The first-order valence-corrected chi connectivity index (χ1v) is 10.9. The number of carbonyl (C=O) groups excluding carboxylic acids is 2. The number of hydrogen-bond acceptors (Lipinski definition) is 4. The van der Waals surface area contributed by atoms with Gasteiger partial charge in [0.1, 0.15) is 12.4 Å². The minimum absolute atomic E-state index is 0.0765. The number of hydrogen-bond donors (Lipinski definition) is 2. The zero-order chi connectivity index (χ0) is 20.9. The average Bonchev–Trinajstić information content (AvgIpc) is 3.30. The first-order valence-electron chi connectivity index (χ1n) is 10.9. The van der Waals surface area contributed by atoms with Crippen LogP contribution in [0.4, 0.5) is 5.69 Å². The van der Waals surface area contributed by atoms with Crippen molar-refractivity contribution in [2.75, 3.05) is 5.32 Å². The van der Waals surface area contributed by atoms with Crippen LogP contribution in [0.2, 0.25) is 0 Å². The lowest BCUT2D eigenvalue weighted by atomic mass is 10.1. The van der Waals surface area contributed by atoms with Crippen LogP contribution in [0, 0.1) is 5.92 Å². The van der Waals surface area contributed by atoms with Crippen LogP contribution in [0.5, 0.6) is 0 Å². The number of aromatic nitrogens is 3. The molecule has 0 radical (unpaired) electrons. The highest BCUT2D eigenvalue weighted by atomic mass is 16.2. The monoisotopic (exact) mass is 411 g/mol. The molecule has 2 aromatic rings. The maximum Gasteiger partial charge on any atom is 0.346 e. The molecule has 0 unspecified atom stereocenters. The molecule has 2 heterocycles. The Morgan fingerprint density at radius 1 is 1.10 bits per heavy atom. The van der Waals surface area contributed by atoms with Crippen LogP contribution in [0.15, 0.2) is 29.1 Å². The van der Waals surface area contributed by atoms with Crippen molar-refractivity contribution in [2.24, 2.45) is 5.92 Å². The topological polar surface area (TPSA) is 98.0 Å². The molecule has 0 bridgehead atoms. The van der Waals surface area contributed by atoms with Crippen molar-refractivity contribution < 1.29 is 9.59 Å². The second-order valence-corrected chi connectivity index (χ2v) is 8.27. The number of fused-ring (bicyclic) bond motifs is 1. The van der Waals surface area contributed by atoms with Gasteiger partial charge in [0, 0.05) is 31.1 Å². The molecule has 1 fully saturated rings. The van der Waals surface area contributed by atoms with Gasteiger partial charge in [-0.15, -0.1) is 0 Å². The number of nitrogens with zero attached hydrogens (tertiary/aromatic N) is 3. The largest absolute Gasteiger partial charge is 0.350 e. The second-order valence-electron chi connectivity index (χ2n) is 8.27. The van der Waals surface area contributed by atoms with E-state index in [2.05, 4.69) is 15.7 Å². The zero-order valence-corrected chi connectivity index (χ0v) is 17.2. The van der Waals surface area contributed by atoms with Crippen molar-refractivity contribution in [2.45, 2.75) is 71.0 Å². The van der Waals surface area contributed by atoms with Gasteiger partial charge in [-0.2, -0.15) is 5.10 Å². The molecular formula is C22H29N5O3. The van der Waals surface area contributed by atoms with Gasteiger partial charge in [-0.25, -0.2) is 9.48 Å². The summed E-state index contributed by atoms with van der Waals surface area (Å²) in [6.45, 7) is 0.917. The Hall–Kier alpha value is -2.90. The van der Waals surface area contributed by atoms with E-state index in [4.69, 9.17) is 0 Å². The lowest BCUT2D eigenvalue weighted by molar-refractivity contribution is -0.122. The van der Waals surface area contributed by atoms with Crippen molar-refractivity contribution in [3.8, 4) is 0 Å². The summed E-state index contributed by atoms with van der Waals surface area (Å²) in [5.41, 5.74) is 1.42. The van der Waals surface area contributed by atoms with Crippen LogP contribution in [-0.2, 0) is 35.6 Å². The maximum absolute atomic E-state index is 12.5. The van der Waals surface area contributed by atoms with E-state index in [0.29, 0.717) is 13.1 Å². The number of benzene rings is 1. The van der Waals surface area contributed by atoms with Gasteiger partial charge in [-0.05, 0) is 43.4 Å². The van der Waals surface area contributed by atoms with E-state index in [1.807, 2.05) is 24.3 Å². The van der Waals surface area contributed by atoms with Gasteiger partial charge in [0.25, 0.3) is 0 Å². The summed E-state index contributed by atoms with van der Waals surface area (Å²) in [6, 6.07) is 7.49. The molecule has 2 aliphatic rings. The molecule has 1 saturated carbocycles. The first kappa shape index (κ1) is 20.4. The Bertz CT molecular complexity index is 971. The number of rotatable bonds is 6. The second kappa shape index (κ2) is 9.28. The fraction of sp³-hybridized carbons (Fsp3) is 0.545. The number of anilines is 1. The summed E-state index contributed by atoms with van der Waals surface area (Å²) < 4.78 is 2.95. The molecule has 2 N–H and O–H groups in total. The molecule has 0 spiro atoms. The molecule has 4 rings (SSSR count). The SMILES string of the molecule is O=C(Cn1nc2n(c1=O)CCCCC2)NCc1cccc(NC(=O)C2CCCC2)c1. The van der Waals surface area contributed by atoms with Gasteiger partial charge >= 0.3 is 5.69 Å². The Balaban J connectivity index is 1.32. The highest BCUT2D eigenvalue weighted by molar-refractivity contribution is 5.92. The number of aryl methyl sites for hydroxylation is 1. The van der Waals surface area contributed by atoms with Gasteiger partial charge in [0.2, 0.25) is 11.8 Å². The van der Waals surface area contributed by atoms with Crippen molar-refractivity contribution in [1.82, 2.24) is 19.7 Å². The van der Waals surface area contributed by atoms with E-state index in [1.54, 1.807) is 4.57 Å². The van der Waals surface area contributed by atoms with E-state index < -0.39 is 0 Å². The molecule has 1 aliphatic carbocycles. The van der Waals surface area contributed by atoms with Crippen molar-refractivity contribution in [1.29, 1.82) is 0 Å². The lowest BCUT2D eigenvalue weighted by Gasteiger charge is -2.12. The molecule has 1 aromatic heterocycles. The van der Waals surface area contributed by atoms with E-state index in [1.165, 1.54) is 4.68 Å². The van der Waals surface area contributed by atoms with Gasteiger partial charge in [-0.1, -0.05) is 31.4 Å². The molecule has 160 valence electrons.